The number of hydrogen-bond acceptors (Lipinski definition) is 4. The number of carbonyl (C=O) groups is 1. The third-order valence-corrected chi connectivity index (χ3v) is 2.94. The second-order valence-corrected chi connectivity index (χ2v) is 4.34. The minimum Gasteiger partial charge on any atom is -0.483 e. The largest absolute Gasteiger partial charge is 0.483 e. The first-order valence-electron chi connectivity index (χ1n) is 6.21. The van der Waals surface area contributed by atoms with Gasteiger partial charge in [0.25, 0.3) is 0 Å². The van der Waals surface area contributed by atoms with Gasteiger partial charge in [-0.15, -0.1) is 0 Å². The van der Waals surface area contributed by atoms with E-state index in [1.54, 1.807) is 7.11 Å². The zero-order chi connectivity index (χ0) is 12.8. The molecule has 0 amide bonds. The molecule has 0 aliphatic heterocycles. The zero-order valence-corrected chi connectivity index (χ0v) is 10.6. The van der Waals surface area contributed by atoms with Crippen molar-refractivity contribution in [3.05, 3.63) is 24.3 Å². The number of benzene rings is 1. The molecule has 1 aromatic carbocycles. The highest BCUT2D eigenvalue weighted by Gasteiger charge is 2.23. The highest BCUT2D eigenvalue weighted by molar-refractivity contribution is 5.84. The summed E-state index contributed by atoms with van der Waals surface area (Å²) in [6.45, 7) is 0.224. The van der Waals surface area contributed by atoms with E-state index >= 15 is 0 Å². The summed E-state index contributed by atoms with van der Waals surface area (Å²) in [6.07, 6.45) is 3.23. The molecule has 18 heavy (non-hydrogen) atoms. The second kappa shape index (κ2) is 6.40. The topological polar surface area (TPSA) is 44.8 Å². The predicted octanol–water partition coefficient (Wildman–Crippen LogP) is 2.56. The van der Waals surface area contributed by atoms with Crippen LogP contribution in [0.5, 0.6) is 11.5 Å². The van der Waals surface area contributed by atoms with E-state index in [9.17, 15) is 4.79 Å². The zero-order valence-electron chi connectivity index (χ0n) is 10.6. The number of methoxy groups -OCH3 is 1. The Balaban J connectivity index is 1.91. The van der Waals surface area contributed by atoms with Gasteiger partial charge in [0.05, 0.1) is 0 Å². The molecule has 0 radical (unpaired) electrons. The van der Waals surface area contributed by atoms with Gasteiger partial charge < -0.3 is 14.2 Å². The van der Waals surface area contributed by atoms with E-state index in [2.05, 4.69) is 0 Å². The standard InChI is InChI=1S/C14H18O4/c1-16-10-17-11-6-8-12(9-7-11)18-14-5-3-2-4-13(14)15/h6-9,14H,2-5,10H2,1H3. The monoisotopic (exact) mass is 250 g/mol. The Morgan fingerprint density at radius 3 is 2.56 bits per heavy atom. The minimum absolute atomic E-state index is 0.209. The number of rotatable bonds is 5. The molecule has 1 aliphatic rings. The van der Waals surface area contributed by atoms with E-state index in [1.807, 2.05) is 24.3 Å². The first kappa shape index (κ1) is 12.9. The molecule has 1 atom stereocenters. The van der Waals surface area contributed by atoms with Crippen LogP contribution in [0, 0.1) is 0 Å². The molecule has 1 saturated carbocycles. The van der Waals surface area contributed by atoms with E-state index in [4.69, 9.17) is 14.2 Å². The van der Waals surface area contributed by atoms with Crippen molar-refractivity contribution in [3.63, 3.8) is 0 Å². The molecule has 0 bridgehead atoms. The van der Waals surface area contributed by atoms with Crippen LogP contribution >= 0.6 is 0 Å². The van der Waals surface area contributed by atoms with Gasteiger partial charge in [0.2, 0.25) is 0 Å². The summed E-state index contributed by atoms with van der Waals surface area (Å²) in [5, 5.41) is 0. The van der Waals surface area contributed by atoms with E-state index in [0.29, 0.717) is 12.2 Å². The molecule has 0 N–H and O–H groups in total. The highest BCUT2D eigenvalue weighted by Crippen LogP contribution is 2.23. The molecule has 4 heteroatoms. The summed E-state index contributed by atoms with van der Waals surface area (Å²) in [5.41, 5.74) is 0. The van der Waals surface area contributed by atoms with Crippen molar-refractivity contribution in [2.24, 2.45) is 0 Å². The van der Waals surface area contributed by atoms with Gasteiger partial charge in [-0.3, -0.25) is 4.79 Å². The molecule has 0 aromatic heterocycles. The van der Waals surface area contributed by atoms with Crippen LogP contribution in [0.2, 0.25) is 0 Å². The van der Waals surface area contributed by atoms with Crippen molar-refractivity contribution in [1.29, 1.82) is 0 Å². The van der Waals surface area contributed by atoms with Gasteiger partial charge in [0.1, 0.15) is 11.5 Å². The summed E-state index contributed by atoms with van der Waals surface area (Å²) >= 11 is 0. The molecule has 2 rings (SSSR count). The molecule has 0 saturated heterocycles. The van der Waals surface area contributed by atoms with Crippen LogP contribution in [0.1, 0.15) is 25.7 Å². The summed E-state index contributed by atoms with van der Waals surface area (Å²) in [7, 11) is 1.58. The van der Waals surface area contributed by atoms with Crippen molar-refractivity contribution >= 4 is 5.78 Å². The third kappa shape index (κ3) is 3.47. The molecular formula is C14H18O4. The summed E-state index contributed by atoms with van der Waals surface area (Å²) in [6, 6.07) is 7.24. The van der Waals surface area contributed by atoms with Gasteiger partial charge in [-0.05, 0) is 43.5 Å². The Bertz CT molecular complexity index is 385. The average molecular weight is 250 g/mol. The second-order valence-electron chi connectivity index (χ2n) is 4.34. The van der Waals surface area contributed by atoms with E-state index in [0.717, 1.165) is 25.0 Å². The van der Waals surface area contributed by atoms with Crippen molar-refractivity contribution in [3.8, 4) is 11.5 Å². The number of hydrogen-bond donors (Lipinski definition) is 0. The van der Waals surface area contributed by atoms with Crippen LogP contribution in [0.4, 0.5) is 0 Å². The molecule has 1 unspecified atom stereocenters. The quantitative estimate of drug-likeness (QED) is 0.753. The van der Waals surface area contributed by atoms with Gasteiger partial charge in [-0.2, -0.15) is 0 Å². The fourth-order valence-electron chi connectivity index (χ4n) is 1.98. The Morgan fingerprint density at radius 2 is 1.89 bits per heavy atom. The number of ketones is 1. The van der Waals surface area contributed by atoms with Gasteiger partial charge in [0.15, 0.2) is 18.7 Å². The summed E-state index contributed by atoms with van der Waals surface area (Å²) < 4.78 is 15.8. The van der Waals surface area contributed by atoms with Crippen LogP contribution < -0.4 is 9.47 Å². The van der Waals surface area contributed by atoms with Crippen LogP contribution in [-0.2, 0) is 9.53 Å². The number of ether oxygens (including phenoxy) is 3. The van der Waals surface area contributed by atoms with Gasteiger partial charge in [-0.1, -0.05) is 0 Å². The van der Waals surface area contributed by atoms with Gasteiger partial charge in [-0.25, -0.2) is 0 Å². The van der Waals surface area contributed by atoms with Crippen molar-refractivity contribution in [2.45, 2.75) is 31.8 Å². The number of Topliss-reactive ketones (excluding diaryl/α,β-unsaturated/α-hetero) is 1. The normalized spacial score (nSPS) is 19.6. The maximum absolute atomic E-state index is 11.6. The summed E-state index contributed by atoms with van der Waals surface area (Å²) in [4.78, 5) is 11.6. The molecule has 4 nitrogen and oxygen atoms in total. The van der Waals surface area contributed by atoms with Crippen LogP contribution in [0.15, 0.2) is 24.3 Å². The predicted molar refractivity (Wildman–Crippen MR) is 66.8 cm³/mol. The average Bonchev–Trinajstić information content (AvgIpc) is 2.41. The van der Waals surface area contributed by atoms with E-state index in [1.165, 1.54) is 0 Å². The Morgan fingerprint density at radius 1 is 1.17 bits per heavy atom. The minimum atomic E-state index is -0.274. The van der Waals surface area contributed by atoms with Crippen LogP contribution in [0.25, 0.3) is 0 Å². The summed E-state index contributed by atoms with van der Waals surface area (Å²) in [5.74, 6) is 1.64. The molecule has 1 aliphatic carbocycles. The molecule has 0 spiro atoms. The fraction of sp³-hybridized carbons (Fsp3) is 0.500. The van der Waals surface area contributed by atoms with E-state index < -0.39 is 0 Å². The smallest absolute Gasteiger partial charge is 0.188 e. The Labute approximate surface area is 107 Å². The SMILES string of the molecule is COCOc1ccc(OC2CCCCC2=O)cc1. The Hall–Kier alpha value is -1.55. The molecule has 0 heterocycles. The highest BCUT2D eigenvalue weighted by atomic mass is 16.7. The molecule has 1 fully saturated rings. The molecule has 1 aromatic rings. The van der Waals surface area contributed by atoms with Crippen molar-refractivity contribution in [1.82, 2.24) is 0 Å². The first-order valence-corrected chi connectivity index (χ1v) is 6.21. The van der Waals surface area contributed by atoms with Gasteiger partial charge >= 0.3 is 0 Å². The third-order valence-electron chi connectivity index (χ3n) is 2.94. The Kier molecular flexibility index (Phi) is 4.59. The first-order chi connectivity index (χ1) is 8.79. The van der Waals surface area contributed by atoms with Crippen LogP contribution in [-0.4, -0.2) is 25.8 Å². The fourth-order valence-corrected chi connectivity index (χ4v) is 1.98. The van der Waals surface area contributed by atoms with Crippen molar-refractivity contribution < 1.29 is 19.0 Å². The van der Waals surface area contributed by atoms with Crippen molar-refractivity contribution in [2.75, 3.05) is 13.9 Å². The lowest BCUT2D eigenvalue weighted by molar-refractivity contribution is -0.127. The maximum atomic E-state index is 11.6. The maximum Gasteiger partial charge on any atom is 0.188 e. The molecule has 98 valence electrons. The van der Waals surface area contributed by atoms with E-state index in [-0.39, 0.29) is 18.7 Å². The van der Waals surface area contributed by atoms with Gasteiger partial charge in [0, 0.05) is 13.5 Å². The lowest BCUT2D eigenvalue weighted by Crippen LogP contribution is -2.30. The molecular weight excluding hydrogens is 232 g/mol. The lowest BCUT2D eigenvalue weighted by Gasteiger charge is -2.21. The lowest BCUT2D eigenvalue weighted by atomic mass is 9.96. The number of carbonyl (C=O) groups excluding carboxylic acids is 1. The van der Waals surface area contributed by atoms with Crippen LogP contribution in [0.3, 0.4) is 0 Å².